The van der Waals surface area contributed by atoms with Crippen molar-refractivity contribution in [3.05, 3.63) is 29.8 Å². The first-order valence-electron chi connectivity index (χ1n) is 3.92. The van der Waals surface area contributed by atoms with Gasteiger partial charge in [0.1, 0.15) is 0 Å². The third kappa shape index (κ3) is 2.76. The van der Waals surface area contributed by atoms with E-state index in [1.54, 1.807) is 24.3 Å². The molecule has 1 rings (SSSR count). The summed E-state index contributed by atoms with van der Waals surface area (Å²) in [5.41, 5.74) is 12.5. The van der Waals surface area contributed by atoms with Crippen molar-refractivity contribution in [1.29, 1.82) is 0 Å². The van der Waals surface area contributed by atoms with E-state index in [2.05, 4.69) is 0 Å². The van der Waals surface area contributed by atoms with Gasteiger partial charge >= 0.3 is 5.97 Å². The number of carbonyl (C=O) groups is 1. The van der Waals surface area contributed by atoms with Crippen molar-refractivity contribution < 1.29 is 9.90 Å². The molecule has 0 amide bonds. The van der Waals surface area contributed by atoms with E-state index in [-0.39, 0.29) is 6.42 Å². The highest BCUT2D eigenvalue weighted by molar-refractivity contribution is 5.68. The zero-order chi connectivity index (χ0) is 9.84. The third-order valence-corrected chi connectivity index (χ3v) is 1.73. The summed E-state index contributed by atoms with van der Waals surface area (Å²) < 4.78 is 0. The molecule has 0 aliphatic rings. The van der Waals surface area contributed by atoms with Crippen LogP contribution in [0.25, 0.3) is 0 Å². The fraction of sp³-hybridized carbons (Fsp3) is 0.222. The Labute approximate surface area is 76.2 Å². The van der Waals surface area contributed by atoms with Crippen LogP contribution in [0.4, 0.5) is 5.69 Å². The van der Waals surface area contributed by atoms with Gasteiger partial charge in [-0.2, -0.15) is 0 Å². The van der Waals surface area contributed by atoms with Gasteiger partial charge in [0.25, 0.3) is 0 Å². The quantitative estimate of drug-likeness (QED) is 0.598. The molecule has 0 saturated carbocycles. The van der Waals surface area contributed by atoms with E-state index in [1.807, 2.05) is 0 Å². The van der Waals surface area contributed by atoms with Gasteiger partial charge < -0.3 is 16.6 Å². The molecule has 1 unspecified atom stereocenters. The molecule has 0 spiro atoms. The van der Waals surface area contributed by atoms with Crippen LogP contribution in [0.5, 0.6) is 0 Å². The molecule has 4 heteroatoms. The maximum atomic E-state index is 10.4. The monoisotopic (exact) mass is 180 g/mol. The summed E-state index contributed by atoms with van der Waals surface area (Å²) in [5.74, 6) is -0.907. The molecule has 0 aromatic heterocycles. The van der Waals surface area contributed by atoms with Gasteiger partial charge in [0, 0.05) is 11.7 Å². The van der Waals surface area contributed by atoms with E-state index < -0.39 is 12.0 Å². The first-order valence-corrected chi connectivity index (χ1v) is 3.92. The molecular formula is C9H12N2O2. The highest BCUT2D eigenvalue weighted by Crippen LogP contribution is 2.16. The Morgan fingerprint density at radius 2 is 2.23 bits per heavy atom. The average molecular weight is 180 g/mol. The second-order valence-corrected chi connectivity index (χ2v) is 2.87. The molecule has 4 nitrogen and oxygen atoms in total. The van der Waals surface area contributed by atoms with Crippen molar-refractivity contribution in [1.82, 2.24) is 0 Å². The van der Waals surface area contributed by atoms with Gasteiger partial charge in [-0.05, 0) is 17.7 Å². The number of carboxylic acids is 1. The summed E-state index contributed by atoms with van der Waals surface area (Å²) in [6.45, 7) is 0. The molecule has 0 aliphatic carbocycles. The number of hydrogen-bond acceptors (Lipinski definition) is 3. The van der Waals surface area contributed by atoms with E-state index in [4.69, 9.17) is 16.6 Å². The Morgan fingerprint density at radius 1 is 1.54 bits per heavy atom. The minimum atomic E-state index is -0.907. The summed E-state index contributed by atoms with van der Waals surface area (Å²) in [5, 5.41) is 8.50. The fourth-order valence-corrected chi connectivity index (χ4v) is 1.10. The lowest BCUT2D eigenvalue weighted by Gasteiger charge is -2.09. The second kappa shape index (κ2) is 3.91. The Hall–Kier alpha value is -1.55. The number of hydrogen-bond donors (Lipinski definition) is 3. The van der Waals surface area contributed by atoms with Gasteiger partial charge in [-0.15, -0.1) is 0 Å². The van der Waals surface area contributed by atoms with Crippen LogP contribution in [0.1, 0.15) is 18.0 Å². The number of nitrogens with two attached hydrogens (primary N) is 2. The molecule has 0 aliphatic heterocycles. The summed E-state index contributed by atoms with van der Waals surface area (Å²) >= 11 is 0. The molecule has 1 aromatic rings. The summed E-state index contributed by atoms with van der Waals surface area (Å²) in [6.07, 6.45) is -0.0799. The van der Waals surface area contributed by atoms with E-state index in [0.717, 1.165) is 5.56 Å². The molecule has 0 heterocycles. The molecule has 0 fully saturated rings. The van der Waals surface area contributed by atoms with Crippen molar-refractivity contribution in [2.45, 2.75) is 12.5 Å². The molecule has 1 atom stereocenters. The lowest BCUT2D eigenvalue weighted by molar-refractivity contribution is -0.137. The van der Waals surface area contributed by atoms with E-state index in [0.29, 0.717) is 5.69 Å². The lowest BCUT2D eigenvalue weighted by atomic mass is 10.0. The molecule has 13 heavy (non-hydrogen) atoms. The van der Waals surface area contributed by atoms with Crippen LogP contribution in [-0.4, -0.2) is 11.1 Å². The summed E-state index contributed by atoms with van der Waals surface area (Å²) in [4.78, 5) is 10.4. The van der Waals surface area contributed by atoms with Gasteiger partial charge in [-0.1, -0.05) is 12.1 Å². The number of rotatable bonds is 3. The fourth-order valence-electron chi connectivity index (χ4n) is 1.10. The van der Waals surface area contributed by atoms with E-state index >= 15 is 0 Å². The Bertz CT molecular complexity index is 312. The van der Waals surface area contributed by atoms with Gasteiger partial charge in [0.05, 0.1) is 6.42 Å². The minimum absolute atomic E-state index is 0.0799. The maximum Gasteiger partial charge on any atom is 0.305 e. The summed E-state index contributed by atoms with van der Waals surface area (Å²) in [7, 11) is 0. The van der Waals surface area contributed by atoms with E-state index in [1.165, 1.54) is 0 Å². The standard InChI is InChI=1S/C9H12N2O2/c10-7-3-1-2-6(4-7)8(11)5-9(12)13/h1-4,8H,5,10-11H2,(H,12,13). The Balaban J connectivity index is 2.76. The zero-order valence-corrected chi connectivity index (χ0v) is 7.10. The predicted molar refractivity (Wildman–Crippen MR) is 50.0 cm³/mol. The van der Waals surface area contributed by atoms with Crippen molar-refractivity contribution in [2.24, 2.45) is 5.73 Å². The topological polar surface area (TPSA) is 89.3 Å². The van der Waals surface area contributed by atoms with Crippen LogP contribution >= 0.6 is 0 Å². The number of aliphatic carboxylic acids is 1. The van der Waals surface area contributed by atoms with Crippen LogP contribution in [-0.2, 0) is 4.79 Å². The van der Waals surface area contributed by atoms with Crippen LogP contribution in [0, 0.1) is 0 Å². The SMILES string of the molecule is Nc1cccc(C(N)CC(=O)O)c1. The maximum absolute atomic E-state index is 10.4. The Kier molecular flexibility index (Phi) is 2.87. The third-order valence-electron chi connectivity index (χ3n) is 1.73. The van der Waals surface area contributed by atoms with Crippen molar-refractivity contribution in [3.63, 3.8) is 0 Å². The minimum Gasteiger partial charge on any atom is -0.481 e. The van der Waals surface area contributed by atoms with Crippen LogP contribution < -0.4 is 11.5 Å². The van der Waals surface area contributed by atoms with Crippen LogP contribution in [0.3, 0.4) is 0 Å². The van der Waals surface area contributed by atoms with Gasteiger partial charge in [-0.25, -0.2) is 0 Å². The highest BCUT2D eigenvalue weighted by Gasteiger charge is 2.09. The molecular weight excluding hydrogens is 168 g/mol. The zero-order valence-electron chi connectivity index (χ0n) is 7.10. The number of carboxylic acid groups (broad SMARTS) is 1. The predicted octanol–water partition coefficient (Wildman–Crippen LogP) is 0.743. The largest absolute Gasteiger partial charge is 0.481 e. The molecule has 70 valence electrons. The van der Waals surface area contributed by atoms with Crippen molar-refractivity contribution >= 4 is 11.7 Å². The van der Waals surface area contributed by atoms with Gasteiger partial charge in [-0.3, -0.25) is 4.79 Å². The van der Waals surface area contributed by atoms with E-state index in [9.17, 15) is 4.79 Å². The molecule has 0 radical (unpaired) electrons. The number of anilines is 1. The highest BCUT2D eigenvalue weighted by atomic mass is 16.4. The first kappa shape index (κ1) is 9.54. The normalized spacial score (nSPS) is 12.4. The molecule has 0 bridgehead atoms. The smallest absolute Gasteiger partial charge is 0.305 e. The van der Waals surface area contributed by atoms with Crippen LogP contribution in [0.2, 0.25) is 0 Å². The second-order valence-electron chi connectivity index (χ2n) is 2.87. The van der Waals surface area contributed by atoms with Gasteiger partial charge in [0.2, 0.25) is 0 Å². The number of nitrogen functional groups attached to an aromatic ring is 1. The molecule has 5 N–H and O–H groups in total. The summed E-state index contributed by atoms with van der Waals surface area (Å²) in [6, 6.07) is 6.46. The molecule has 1 aromatic carbocycles. The Morgan fingerprint density at radius 3 is 2.77 bits per heavy atom. The number of benzene rings is 1. The van der Waals surface area contributed by atoms with Crippen LogP contribution in [0.15, 0.2) is 24.3 Å². The van der Waals surface area contributed by atoms with Gasteiger partial charge in [0.15, 0.2) is 0 Å². The molecule has 0 saturated heterocycles. The lowest BCUT2D eigenvalue weighted by Crippen LogP contribution is -2.15. The average Bonchev–Trinajstić information content (AvgIpc) is 2.03. The van der Waals surface area contributed by atoms with Crippen molar-refractivity contribution in [3.8, 4) is 0 Å². The first-order chi connectivity index (χ1) is 6.09. The van der Waals surface area contributed by atoms with Crippen molar-refractivity contribution in [2.75, 3.05) is 5.73 Å².